The molecule has 5 aliphatic carbocycles. The number of halogens is 4. The van der Waals surface area contributed by atoms with Crippen LogP contribution in [0.4, 0.5) is 0 Å². The van der Waals surface area contributed by atoms with E-state index in [1.807, 2.05) is 0 Å². The van der Waals surface area contributed by atoms with Crippen LogP contribution in [0.2, 0.25) is 0 Å². The summed E-state index contributed by atoms with van der Waals surface area (Å²) < 4.78 is 0.300. The first-order valence-electron chi connectivity index (χ1n) is 7.38. The topological polar surface area (TPSA) is 0 Å². The summed E-state index contributed by atoms with van der Waals surface area (Å²) in [5.41, 5.74) is 1.64. The molecule has 0 heterocycles. The van der Waals surface area contributed by atoms with Crippen molar-refractivity contribution < 1.29 is 0 Å². The average Bonchev–Trinajstić information content (AvgIpc) is 3.06. The van der Waals surface area contributed by atoms with E-state index in [1.54, 1.807) is 0 Å². The molecule has 0 aromatic heterocycles. The first kappa shape index (κ1) is 13.8. The molecule has 0 aromatic rings. The summed E-state index contributed by atoms with van der Waals surface area (Å²) in [6.07, 6.45) is 17.2. The zero-order chi connectivity index (χ0) is 14.1. The summed E-state index contributed by atoms with van der Waals surface area (Å²) in [5.74, 6) is 0. The Labute approximate surface area is 153 Å². The van der Waals surface area contributed by atoms with Crippen LogP contribution < -0.4 is 0 Å². The maximum atomic E-state index is 4.09. The van der Waals surface area contributed by atoms with Gasteiger partial charge in [0.1, 0.15) is 0 Å². The van der Waals surface area contributed by atoms with Gasteiger partial charge in [-0.05, 0) is 38.5 Å². The smallest absolute Gasteiger partial charge is 0.0879 e. The van der Waals surface area contributed by atoms with Crippen molar-refractivity contribution in [2.24, 2.45) is 21.7 Å². The molecular formula is C16H16Br4. The quantitative estimate of drug-likeness (QED) is 0.252. The minimum Gasteiger partial charge on any atom is -0.0879 e. The fourth-order valence-electron chi connectivity index (χ4n) is 6.35. The van der Waals surface area contributed by atoms with Gasteiger partial charge in [0.05, 0.1) is 6.47 Å². The molecule has 0 unspecified atom stereocenters. The second-order valence-electron chi connectivity index (χ2n) is 7.59. The Morgan fingerprint density at radius 1 is 0.500 bits per heavy atom. The molecule has 108 valence electrons. The molecule has 0 spiro atoms. The van der Waals surface area contributed by atoms with E-state index >= 15 is 0 Å². The van der Waals surface area contributed by atoms with Gasteiger partial charge in [0.2, 0.25) is 0 Å². The van der Waals surface area contributed by atoms with Gasteiger partial charge in [-0.1, -0.05) is 88.0 Å². The highest BCUT2D eigenvalue weighted by atomic mass is 79.9. The highest BCUT2D eigenvalue weighted by Crippen LogP contribution is 3.01. The minimum atomic E-state index is 0.150. The lowest BCUT2D eigenvalue weighted by Gasteiger charge is -2.40. The lowest BCUT2D eigenvalue weighted by Crippen LogP contribution is -2.33. The van der Waals surface area contributed by atoms with E-state index in [0.717, 1.165) is 0 Å². The van der Waals surface area contributed by atoms with Gasteiger partial charge >= 0.3 is 0 Å². The molecule has 4 heteroatoms. The number of rotatable bonds is 0. The highest BCUT2D eigenvalue weighted by Gasteiger charge is 2.98. The van der Waals surface area contributed by atoms with Gasteiger partial charge < -0.3 is 0 Å². The predicted octanol–water partition coefficient (Wildman–Crippen LogP) is 6.43. The zero-order valence-corrected chi connectivity index (χ0v) is 17.4. The van der Waals surface area contributed by atoms with Crippen molar-refractivity contribution in [2.75, 3.05) is 0 Å². The molecular weight excluding hydrogens is 512 g/mol. The fraction of sp³-hybridized carbons (Fsp3) is 0.750. The van der Waals surface area contributed by atoms with Crippen LogP contribution in [0.1, 0.15) is 38.5 Å². The molecule has 0 aliphatic heterocycles. The van der Waals surface area contributed by atoms with Gasteiger partial charge in [-0.15, -0.1) is 0 Å². The van der Waals surface area contributed by atoms with Crippen molar-refractivity contribution in [2.45, 2.75) is 45.0 Å². The van der Waals surface area contributed by atoms with E-state index in [0.29, 0.717) is 21.7 Å². The van der Waals surface area contributed by atoms with Crippen LogP contribution in [-0.2, 0) is 0 Å². The van der Waals surface area contributed by atoms with Crippen LogP contribution in [-0.4, -0.2) is 6.47 Å². The summed E-state index contributed by atoms with van der Waals surface area (Å²) >= 11 is 16.4. The van der Waals surface area contributed by atoms with Crippen molar-refractivity contribution in [3.8, 4) is 0 Å². The molecule has 3 fully saturated rings. The lowest BCUT2D eigenvalue weighted by atomic mass is 9.62. The first-order valence-corrected chi connectivity index (χ1v) is 10.6. The monoisotopic (exact) mass is 524 g/mol. The molecule has 20 heavy (non-hydrogen) atoms. The van der Waals surface area contributed by atoms with Crippen LogP contribution >= 0.6 is 63.7 Å². The van der Waals surface area contributed by atoms with Crippen molar-refractivity contribution in [1.29, 1.82) is 0 Å². The summed E-state index contributed by atoms with van der Waals surface area (Å²) in [7, 11) is 0. The van der Waals surface area contributed by atoms with Crippen molar-refractivity contribution in [3.05, 3.63) is 24.3 Å². The first-order chi connectivity index (χ1) is 9.33. The van der Waals surface area contributed by atoms with Gasteiger partial charge in [-0.3, -0.25) is 0 Å². The number of alkyl halides is 4. The van der Waals surface area contributed by atoms with E-state index in [1.165, 1.54) is 38.5 Å². The summed E-state index contributed by atoms with van der Waals surface area (Å²) in [6.45, 7) is 0. The highest BCUT2D eigenvalue weighted by molar-refractivity contribution is 9.26. The minimum absolute atomic E-state index is 0.150. The van der Waals surface area contributed by atoms with Crippen LogP contribution in [0.5, 0.6) is 0 Å². The lowest BCUT2D eigenvalue weighted by molar-refractivity contribution is 0.107. The molecule has 0 N–H and O–H groups in total. The SMILES string of the molecule is BrC1(Br)[C@@]23CC=CC[C@]12C[C@@]12CC=CC[C@@]1(C3)C2(Br)Br. The van der Waals surface area contributed by atoms with E-state index < -0.39 is 0 Å². The predicted molar refractivity (Wildman–Crippen MR) is 96.9 cm³/mol. The van der Waals surface area contributed by atoms with E-state index in [2.05, 4.69) is 88.0 Å². The maximum absolute atomic E-state index is 4.09. The Kier molecular flexibility index (Phi) is 2.36. The summed E-state index contributed by atoms with van der Waals surface area (Å²) in [4.78, 5) is 0. The van der Waals surface area contributed by atoms with Crippen LogP contribution in [0, 0.1) is 21.7 Å². The van der Waals surface area contributed by atoms with Crippen LogP contribution in [0.15, 0.2) is 24.3 Å². The summed E-state index contributed by atoms with van der Waals surface area (Å²) in [6, 6.07) is 0. The van der Waals surface area contributed by atoms with E-state index in [9.17, 15) is 0 Å². The number of hydrogen-bond donors (Lipinski definition) is 0. The molecule has 0 aromatic carbocycles. The number of allylic oxidation sites excluding steroid dienone is 4. The molecule has 4 atom stereocenters. The molecule has 3 saturated carbocycles. The Morgan fingerprint density at radius 3 is 1.00 bits per heavy atom. The Balaban J connectivity index is 1.70. The third-order valence-corrected chi connectivity index (χ3v) is 13.6. The van der Waals surface area contributed by atoms with Gasteiger partial charge in [0.25, 0.3) is 0 Å². The van der Waals surface area contributed by atoms with E-state index in [4.69, 9.17) is 0 Å². The standard InChI is InChI=1S/C16H16Br4/c17-15(18)11-5-1-2-6-12(11,15)10-14-8-4-3-7-13(14,9-11)16(14,19)20/h1-4H,5-10H2/t11-,12-,13+,14+. The van der Waals surface area contributed by atoms with Gasteiger partial charge in [0, 0.05) is 21.7 Å². The Hall–Kier alpha value is 1.40. The molecule has 0 bridgehead atoms. The van der Waals surface area contributed by atoms with E-state index in [-0.39, 0.29) is 6.47 Å². The third-order valence-electron chi connectivity index (χ3n) is 7.52. The molecule has 0 nitrogen and oxygen atoms in total. The molecule has 0 radical (unpaired) electrons. The average molecular weight is 528 g/mol. The van der Waals surface area contributed by atoms with Gasteiger partial charge in [-0.2, -0.15) is 0 Å². The third kappa shape index (κ3) is 0.991. The Bertz CT molecular complexity index is 495. The van der Waals surface area contributed by atoms with Crippen LogP contribution in [0.3, 0.4) is 0 Å². The maximum Gasteiger partial charge on any atom is 0.0935 e. The zero-order valence-electron chi connectivity index (χ0n) is 11.1. The molecule has 0 amide bonds. The van der Waals surface area contributed by atoms with Crippen LogP contribution in [0.25, 0.3) is 0 Å². The molecule has 5 rings (SSSR count). The largest absolute Gasteiger partial charge is 0.0935 e. The second-order valence-corrected chi connectivity index (χ2v) is 14.5. The van der Waals surface area contributed by atoms with Crippen molar-refractivity contribution in [1.82, 2.24) is 0 Å². The van der Waals surface area contributed by atoms with Gasteiger partial charge in [0.15, 0.2) is 0 Å². The molecule has 0 saturated heterocycles. The Morgan fingerprint density at radius 2 is 0.750 bits per heavy atom. The molecule has 5 aliphatic rings. The summed E-state index contributed by atoms with van der Waals surface area (Å²) in [5, 5.41) is 0. The van der Waals surface area contributed by atoms with Crippen molar-refractivity contribution >= 4 is 63.7 Å². The fourth-order valence-corrected chi connectivity index (χ4v) is 11.4. The normalized spacial score (nSPS) is 59.0. The number of hydrogen-bond acceptors (Lipinski definition) is 0. The van der Waals surface area contributed by atoms with Crippen molar-refractivity contribution in [3.63, 3.8) is 0 Å². The van der Waals surface area contributed by atoms with Gasteiger partial charge in [-0.25, -0.2) is 0 Å². The second kappa shape index (κ2) is 3.42.